The van der Waals surface area contributed by atoms with Crippen molar-refractivity contribution in [2.24, 2.45) is 10.9 Å². The number of nitrogens with one attached hydrogen (secondary N) is 1. The average Bonchev–Trinajstić information content (AvgIpc) is 3.11. The van der Waals surface area contributed by atoms with Crippen LogP contribution in [0.1, 0.15) is 54.9 Å². The number of benzene rings is 1. The molecule has 1 unspecified atom stereocenters. The van der Waals surface area contributed by atoms with Gasteiger partial charge in [0.15, 0.2) is 5.17 Å². The minimum Gasteiger partial charge on any atom is -0.497 e. The van der Waals surface area contributed by atoms with E-state index in [4.69, 9.17) is 9.47 Å². The molecule has 1 aromatic carbocycles. The van der Waals surface area contributed by atoms with Crippen LogP contribution >= 0.6 is 11.8 Å². The van der Waals surface area contributed by atoms with Crippen molar-refractivity contribution in [2.75, 3.05) is 33.9 Å². The van der Waals surface area contributed by atoms with E-state index >= 15 is 0 Å². The monoisotopic (exact) mass is 509 g/mol. The van der Waals surface area contributed by atoms with Gasteiger partial charge in [0.1, 0.15) is 5.76 Å². The highest BCUT2D eigenvalue weighted by Gasteiger charge is 2.22. The van der Waals surface area contributed by atoms with Gasteiger partial charge < -0.3 is 19.7 Å². The lowest BCUT2D eigenvalue weighted by Gasteiger charge is -2.21. The number of amides is 1. The molecule has 0 spiro atoms. The van der Waals surface area contributed by atoms with Gasteiger partial charge in [0.2, 0.25) is 0 Å². The summed E-state index contributed by atoms with van der Waals surface area (Å²) in [6, 6.07) is 7.76. The molecule has 2 aliphatic heterocycles. The van der Waals surface area contributed by atoms with Crippen molar-refractivity contribution in [2.45, 2.75) is 45.6 Å². The molecule has 0 aliphatic carbocycles. The third kappa shape index (κ3) is 7.87. The van der Waals surface area contributed by atoms with Gasteiger partial charge in [-0.3, -0.25) is 9.79 Å². The number of hydrogen-bond acceptors (Lipinski definition) is 6. The van der Waals surface area contributed by atoms with Crippen LogP contribution in [0.2, 0.25) is 0 Å². The molecule has 1 amide bonds. The minimum atomic E-state index is -0.185. The second-order valence-electron chi connectivity index (χ2n) is 9.04. The summed E-state index contributed by atoms with van der Waals surface area (Å²) in [5, 5.41) is 3.51. The fourth-order valence-corrected chi connectivity index (χ4v) is 5.57. The van der Waals surface area contributed by atoms with Gasteiger partial charge in [-0.15, -0.1) is 0 Å². The third-order valence-corrected chi connectivity index (χ3v) is 7.65. The summed E-state index contributed by atoms with van der Waals surface area (Å²) in [5.41, 5.74) is 4.16. The fourth-order valence-electron chi connectivity index (χ4n) is 4.53. The van der Waals surface area contributed by atoms with E-state index in [1.54, 1.807) is 14.2 Å². The fraction of sp³-hybridized carbons (Fsp3) is 0.448. The smallest absolute Gasteiger partial charge is 0.257 e. The summed E-state index contributed by atoms with van der Waals surface area (Å²) in [5.74, 6) is 0.740. The van der Waals surface area contributed by atoms with Crippen LogP contribution in [0.25, 0.3) is 0 Å². The summed E-state index contributed by atoms with van der Waals surface area (Å²) < 4.78 is 11.0. The number of allylic oxidation sites excluding steroid dienone is 4. The number of rotatable bonds is 8. The van der Waals surface area contributed by atoms with Crippen LogP contribution in [0, 0.1) is 5.92 Å². The number of carbonyl (C=O) groups is 1. The highest BCUT2D eigenvalue weighted by molar-refractivity contribution is 8.17. The number of carbonyl (C=O) groups excluding carboxylic acids is 1. The molecule has 7 heteroatoms. The van der Waals surface area contributed by atoms with Gasteiger partial charge in [0.25, 0.3) is 5.91 Å². The molecule has 0 saturated carbocycles. The standard InChI is InChI=1S/C29H39N3O3S/c1-6-26(24-10-8-17-35-18-15-24)27(19-22(3)34-5)36-29(30-4)31-28(33)25-13-11-23(12-14-25)20-32-16-7-9-21(32)2/h6,11-14,19,24H,2-3,7-10,15-18,20H2,1,4-5H3,(H,30,31,33)/b26-6-,27-19+. The Morgan fingerprint density at radius 2 is 2.06 bits per heavy atom. The number of aliphatic imine (C=N–C) groups is 1. The number of thioether (sulfide) groups is 1. The largest absolute Gasteiger partial charge is 0.497 e. The summed E-state index contributed by atoms with van der Waals surface area (Å²) in [7, 11) is 3.29. The first kappa shape index (κ1) is 27.8. The number of ether oxygens (including phenoxy) is 2. The first-order valence-electron chi connectivity index (χ1n) is 12.6. The Morgan fingerprint density at radius 3 is 2.69 bits per heavy atom. The highest BCUT2D eigenvalue weighted by Crippen LogP contribution is 2.36. The SMILES string of the molecule is C=C(/C=C(S/C(=N\C)NC(=O)c1ccc(CN2CCCC2=C)cc1)\C(=C/C)C1CCCOCC1)OC. The van der Waals surface area contributed by atoms with Crippen molar-refractivity contribution in [3.63, 3.8) is 0 Å². The number of amidine groups is 1. The Labute approximate surface area is 220 Å². The first-order chi connectivity index (χ1) is 17.4. The quantitative estimate of drug-likeness (QED) is 0.200. The van der Waals surface area contributed by atoms with Crippen LogP contribution in [0.5, 0.6) is 0 Å². The van der Waals surface area contributed by atoms with Crippen LogP contribution in [0.4, 0.5) is 0 Å². The minimum absolute atomic E-state index is 0.185. The molecule has 2 aliphatic rings. The molecule has 0 radical (unpaired) electrons. The molecule has 1 atom stereocenters. The van der Waals surface area contributed by atoms with Crippen molar-refractivity contribution in [3.05, 3.63) is 82.6 Å². The molecule has 0 bridgehead atoms. The predicted octanol–water partition coefficient (Wildman–Crippen LogP) is 6.05. The van der Waals surface area contributed by atoms with E-state index < -0.39 is 0 Å². The Morgan fingerprint density at radius 1 is 1.28 bits per heavy atom. The summed E-state index contributed by atoms with van der Waals surface area (Å²) in [4.78, 5) is 20.7. The molecule has 1 N–H and O–H groups in total. The maximum Gasteiger partial charge on any atom is 0.257 e. The zero-order chi connectivity index (χ0) is 25.9. The van der Waals surface area contributed by atoms with Crippen LogP contribution in [-0.4, -0.2) is 49.9 Å². The van der Waals surface area contributed by atoms with E-state index in [0.29, 0.717) is 22.4 Å². The lowest BCUT2D eigenvalue weighted by Crippen LogP contribution is -2.28. The van der Waals surface area contributed by atoms with E-state index in [1.165, 1.54) is 28.6 Å². The maximum atomic E-state index is 13.0. The van der Waals surface area contributed by atoms with Gasteiger partial charge in [-0.05, 0) is 74.3 Å². The molecule has 2 heterocycles. The Bertz CT molecular complexity index is 1020. The summed E-state index contributed by atoms with van der Waals surface area (Å²) in [6.45, 7) is 13.6. The average molecular weight is 510 g/mol. The van der Waals surface area contributed by atoms with Crippen molar-refractivity contribution in [3.8, 4) is 0 Å². The van der Waals surface area contributed by atoms with Crippen molar-refractivity contribution in [1.82, 2.24) is 10.2 Å². The molecular weight excluding hydrogens is 470 g/mol. The summed E-state index contributed by atoms with van der Waals surface area (Å²) in [6.07, 6.45) is 9.32. The predicted molar refractivity (Wildman–Crippen MR) is 150 cm³/mol. The normalized spacial score (nSPS) is 19.8. The van der Waals surface area contributed by atoms with E-state index in [1.807, 2.05) is 37.3 Å². The zero-order valence-corrected chi connectivity index (χ0v) is 22.7. The van der Waals surface area contributed by atoms with Gasteiger partial charge in [-0.25, -0.2) is 0 Å². The van der Waals surface area contributed by atoms with Crippen LogP contribution in [0.3, 0.4) is 0 Å². The Balaban J connectivity index is 1.70. The molecule has 1 aromatic rings. The van der Waals surface area contributed by atoms with Gasteiger partial charge in [0.05, 0.1) is 7.11 Å². The van der Waals surface area contributed by atoms with Gasteiger partial charge in [0, 0.05) is 49.5 Å². The van der Waals surface area contributed by atoms with Gasteiger partial charge in [-0.1, -0.05) is 43.1 Å². The maximum absolute atomic E-state index is 13.0. The number of likely N-dealkylation sites (tertiary alicyclic amines) is 1. The van der Waals surface area contributed by atoms with E-state index in [2.05, 4.69) is 34.4 Å². The van der Waals surface area contributed by atoms with Crippen molar-refractivity contribution < 1.29 is 14.3 Å². The number of hydrogen-bond donors (Lipinski definition) is 1. The Hall–Kier alpha value is -2.77. The molecular formula is C29H39N3O3S. The van der Waals surface area contributed by atoms with Crippen molar-refractivity contribution in [1.29, 1.82) is 0 Å². The third-order valence-electron chi connectivity index (χ3n) is 6.60. The first-order valence-corrected chi connectivity index (χ1v) is 13.4. The van der Waals surface area contributed by atoms with Crippen LogP contribution < -0.4 is 5.32 Å². The molecule has 6 nitrogen and oxygen atoms in total. The number of nitrogens with zero attached hydrogens (tertiary/aromatic N) is 2. The molecule has 0 aromatic heterocycles. The van der Waals surface area contributed by atoms with E-state index in [-0.39, 0.29) is 5.91 Å². The molecule has 3 rings (SSSR count). The second kappa shape index (κ2) is 14.1. The zero-order valence-electron chi connectivity index (χ0n) is 21.8. The number of methoxy groups -OCH3 is 1. The van der Waals surface area contributed by atoms with Crippen LogP contribution in [0.15, 0.2) is 76.5 Å². The lowest BCUT2D eigenvalue weighted by molar-refractivity contribution is 0.0978. The topological polar surface area (TPSA) is 63.2 Å². The highest BCUT2D eigenvalue weighted by atomic mass is 32.2. The van der Waals surface area contributed by atoms with Gasteiger partial charge >= 0.3 is 0 Å². The van der Waals surface area contributed by atoms with Gasteiger partial charge in [-0.2, -0.15) is 0 Å². The molecule has 36 heavy (non-hydrogen) atoms. The molecule has 194 valence electrons. The van der Waals surface area contributed by atoms with Crippen molar-refractivity contribution >= 4 is 22.8 Å². The lowest BCUT2D eigenvalue weighted by atomic mass is 9.91. The second-order valence-corrected chi connectivity index (χ2v) is 10.1. The van der Waals surface area contributed by atoms with E-state index in [0.717, 1.165) is 63.3 Å². The Kier molecular flexibility index (Phi) is 10.9. The molecule has 2 saturated heterocycles. The van der Waals surface area contributed by atoms with Crippen LogP contribution in [-0.2, 0) is 16.0 Å². The van der Waals surface area contributed by atoms with E-state index in [9.17, 15) is 4.79 Å². The summed E-state index contributed by atoms with van der Waals surface area (Å²) >= 11 is 1.43. The molecule has 2 fully saturated rings.